The van der Waals surface area contributed by atoms with Gasteiger partial charge >= 0.3 is 5.69 Å². The summed E-state index contributed by atoms with van der Waals surface area (Å²) in [7, 11) is 0. The van der Waals surface area contributed by atoms with Crippen LogP contribution in [0.4, 0.5) is 0 Å². The maximum Gasteiger partial charge on any atom is 0.329 e. The van der Waals surface area contributed by atoms with Crippen molar-refractivity contribution >= 4 is 28.4 Å². The number of nitrogens with one attached hydrogen (secondary N) is 1. The summed E-state index contributed by atoms with van der Waals surface area (Å²) in [5.74, 6) is 0.225. The lowest BCUT2D eigenvalue weighted by Gasteiger charge is -2.35. The fourth-order valence-electron chi connectivity index (χ4n) is 6.86. The number of benzene rings is 3. The van der Waals surface area contributed by atoms with Crippen molar-refractivity contribution in [3.63, 3.8) is 0 Å². The van der Waals surface area contributed by atoms with E-state index in [4.69, 9.17) is 12.2 Å². The first-order valence-corrected chi connectivity index (χ1v) is 16.1. The summed E-state index contributed by atoms with van der Waals surface area (Å²) in [6, 6.07) is 29.8. The first-order valence-electron chi connectivity index (χ1n) is 15.7. The van der Waals surface area contributed by atoms with Gasteiger partial charge in [0.1, 0.15) is 0 Å². The van der Waals surface area contributed by atoms with Crippen LogP contribution in [-0.4, -0.2) is 63.3 Å². The fraction of sp³-hybridized carbons (Fsp3) is 0.429. The molecule has 0 spiro atoms. The molecular formula is C35H43N5OS. The average molecular weight is 582 g/mol. The second-order valence-corrected chi connectivity index (χ2v) is 12.2. The van der Waals surface area contributed by atoms with Crippen LogP contribution in [0.25, 0.3) is 11.0 Å². The zero-order chi connectivity index (χ0) is 28.7. The number of likely N-dealkylation sites (tertiary alicyclic amines) is 2. The minimum absolute atomic E-state index is 0.141. The Bertz CT molecular complexity index is 1460. The van der Waals surface area contributed by atoms with Gasteiger partial charge in [0.05, 0.1) is 11.0 Å². The lowest BCUT2D eigenvalue weighted by Crippen LogP contribution is -2.46. The molecule has 2 aliphatic rings. The molecule has 2 fully saturated rings. The minimum atomic E-state index is 0.141. The van der Waals surface area contributed by atoms with Crippen LogP contribution in [-0.2, 0) is 6.54 Å². The van der Waals surface area contributed by atoms with Gasteiger partial charge in [-0.05, 0) is 87.2 Å². The lowest BCUT2D eigenvalue weighted by atomic mass is 9.91. The summed E-state index contributed by atoms with van der Waals surface area (Å²) in [5.41, 5.74) is 4.83. The van der Waals surface area contributed by atoms with Crippen molar-refractivity contribution in [1.82, 2.24) is 24.3 Å². The Balaban J connectivity index is 1.09. The first kappa shape index (κ1) is 28.7. The number of rotatable bonds is 9. The van der Waals surface area contributed by atoms with Crippen LogP contribution in [0.2, 0.25) is 0 Å². The van der Waals surface area contributed by atoms with Gasteiger partial charge in [-0.3, -0.25) is 9.13 Å². The number of fused-ring (bicyclic) bond motifs is 1. The lowest BCUT2D eigenvalue weighted by molar-refractivity contribution is 0.222. The molecule has 0 atom stereocenters. The predicted octanol–water partition coefficient (Wildman–Crippen LogP) is 6.02. The molecule has 0 saturated carbocycles. The third-order valence-electron chi connectivity index (χ3n) is 9.15. The minimum Gasteiger partial charge on any atom is -0.362 e. The summed E-state index contributed by atoms with van der Waals surface area (Å²) in [4.78, 5) is 18.6. The summed E-state index contributed by atoms with van der Waals surface area (Å²) >= 11 is 5.89. The molecule has 42 heavy (non-hydrogen) atoms. The van der Waals surface area contributed by atoms with Crippen molar-refractivity contribution in [3.8, 4) is 0 Å². The second kappa shape index (κ2) is 13.7. The van der Waals surface area contributed by atoms with Gasteiger partial charge in [-0.15, -0.1) is 0 Å². The van der Waals surface area contributed by atoms with Gasteiger partial charge in [0, 0.05) is 38.1 Å². The van der Waals surface area contributed by atoms with Gasteiger partial charge < -0.3 is 15.1 Å². The van der Waals surface area contributed by atoms with Crippen molar-refractivity contribution < 1.29 is 0 Å². The Morgan fingerprint density at radius 2 is 1.36 bits per heavy atom. The van der Waals surface area contributed by atoms with E-state index < -0.39 is 0 Å². The Morgan fingerprint density at radius 3 is 2.00 bits per heavy atom. The van der Waals surface area contributed by atoms with E-state index in [9.17, 15) is 4.79 Å². The van der Waals surface area contributed by atoms with Crippen LogP contribution in [0.15, 0.2) is 89.7 Å². The molecule has 1 aromatic heterocycles. The number of piperidine rings is 2. The van der Waals surface area contributed by atoms with Gasteiger partial charge in [0.15, 0.2) is 5.11 Å². The number of thiocarbonyl (C=S) groups is 1. The van der Waals surface area contributed by atoms with E-state index in [1.807, 2.05) is 4.57 Å². The van der Waals surface area contributed by atoms with Crippen molar-refractivity contribution in [2.75, 3.05) is 39.3 Å². The molecule has 3 aromatic carbocycles. The van der Waals surface area contributed by atoms with Gasteiger partial charge in [-0.1, -0.05) is 79.2 Å². The van der Waals surface area contributed by atoms with Crippen LogP contribution in [0, 0.1) is 0 Å². The number of hydrogen-bond acceptors (Lipinski definition) is 3. The zero-order valence-corrected chi connectivity index (χ0v) is 25.4. The molecule has 0 amide bonds. The molecule has 2 aliphatic heterocycles. The average Bonchev–Trinajstić information content (AvgIpc) is 3.33. The molecule has 0 aliphatic carbocycles. The number of imidazole rings is 1. The number of aryl methyl sites for hydroxylation is 1. The van der Waals surface area contributed by atoms with Crippen molar-refractivity contribution in [1.29, 1.82) is 0 Å². The monoisotopic (exact) mass is 581 g/mol. The van der Waals surface area contributed by atoms with E-state index in [0.717, 1.165) is 68.1 Å². The van der Waals surface area contributed by atoms with E-state index in [1.54, 1.807) is 0 Å². The van der Waals surface area contributed by atoms with Crippen LogP contribution in [0.1, 0.15) is 61.6 Å². The first-order chi connectivity index (χ1) is 20.7. The van der Waals surface area contributed by atoms with Gasteiger partial charge in [-0.2, -0.15) is 0 Å². The molecular weight excluding hydrogens is 538 g/mol. The van der Waals surface area contributed by atoms with Crippen molar-refractivity contribution in [2.24, 2.45) is 0 Å². The number of para-hydroxylation sites is 2. The van der Waals surface area contributed by atoms with Crippen LogP contribution in [0.3, 0.4) is 0 Å². The topological polar surface area (TPSA) is 45.4 Å². The Kier molecular flexibility index (Phi) is 9.36. The maximum absolute atomic E-state index is 13.8. The molecule has 6 nitrogen and oxygen atoms in total. The van der Waals surface area contributed by atoms with E-state index >= 15 is 0 Å². The SMILES string of the molecule is O=c1n(CCCN2CCCCC2)c2ccccc2n1C1CCN(C(=S)NCC(c2ccccc2)c2ccccc2)CC1. The summed E-state index contributed by atoms with van der Waals surface area (Å²) in [6.07, 6.45) is 6.79. The molecule has 4 aromatic rings. The molecule has 0 bridgehead atoms. The van der Waals surface area contributed by atoms with Crippen LogP contribution < -0.4 is 11.0 Å². The third-order valence-corrected chi connectivity index (χ3v) is 9.55. The highest BCUT2D eigenvalue weighted by Crippen LogP contribution is 2.27. The molecule has 7 heteroatoms. The van der Waals surface area contributed by atoms with Crippen LogP contribution in [0.5, 0.6) is 0 Å². The van der Waals surface area contributed by atoms with Gasteiger partial charge in [0.25, 0.3) is 0 Å². The quantitative estimate of drug-likeness (QED) is 0.245. The summed E-state index contributed by atoms with van der Waals surface area (Å²) < 4.78 is 4.09. The van der Waals surface area contributed by atoms with Gasteiger partial charge in [-0.25, -0.2) is 4.79 Å². The number of aromatic nitrogens is 2. The highest BCUT2D eigenvalue weighted by atomic mass is 32.1. The fourth-order valence-corrected chi connectivity index (χ4v) is 7.13. The van der Waals surface area contributed by atoms with E-state index in [-0.39, 0.29) is 17.6 Å². The Labute approximate surface area is 254 Å². The summed E-state index contributed by atoms with van der Waals surface area (Å²) in [5, 5.41) is 4.38. The summed E-state index contributed by atoms with van der Waals surface area (Å²) in [6.45, 7) is 6.69. The second-order valence-electron chi connectivity index (χ2n) is 11.8. The van der Waals surface area contributed by atoms with E-state index in [1.165, 1.54) is 43.5 Å². The van der Waals surface area contributed by atoms with Crippen LogP contribution >= 0.6 is 12.2 Å². The molecule has 6 rings (SSSR count). The van der Waals surface area contributed by atoms with Crippen molar-refractivity contribution in [3.05, 3.63) is 107 Å². The predicted molar refractivity (Wildman–Crippen MR) is 176 cm³/mol. The Morgan fingerprint density at radius 1 is 0.762 bits per heavy atom. The smallest absolute Gasteiger partial charge is 0.329 e. The molecule has 220 valence electrons. The van der Waals surface area contributed by atoms with E-state index in [0.29, 0.717) is 0 Å². The number of hydrogen-bond donors (Lipinski definition) is 1. The van der Waals surface area contributed by atoms with Crippen molar-refractivity contribution in [2.45, 2.75) is 57.0 Å². The standard InChI is InChI=1S/C35H43N5OS/c41-35-39(24-12-23-37-21-10-3-11-22-37)32-17-8-9-18-33(32)40(35)30-19-25-38(26-20-30)34(42)36-27-31(28-13-4-1-5-14-28)29-15-6-2-7-16-29/h1-2,4-9,13-18,30-31H,3,10-12,19-27H2,(H,36,42). The highest BCUT2D eigenvalue weighted by Gasteiger charge is 2.27. The maximum atomic E-state index is 13.8. The number of nitrogens with zero attached hydrogens (tertiary/aromatic N) is 4. The Hall–Kier alpha value is -3.42. The molecule has 0 radical (unpaired) electrons. The molecule has 1 N–H and O–H groups in total. The molecule has 0 unspecified atom stereocenters. The molecule has 2 saturated heterocycles. The molecule has 3 heterocycles. The third kappa shape index (κ3) is 6.47. The zero-order valence-electron chi connectivity index (χ0n) is 24.5. The highest BCUT2D eigenvalue weighted by molar-refractivity contribution is 7.80. The largest absolute Gasteiger partial charge is 0.362 e. The van der Waals surface area contributed by atoms with Gasteiger partial charge in [0.2, 0.25) is 0 Å². The normalized spacial score (nSPS) is 16.7. The van der Waals surface area contributed by atoms with E-state index in [2.05, 4.69) is 105 Å².